The highest BCUT2D eigenvalue weighted by Gasteiger charge is 2.42. The number of rotatable bonds is 26. The van der Waals surface area contributed by atoms with Crippen molar-refractivity contribution in [3.05, 3.63) is 123 Å². The third-order valence-corrected chi connectivity index (χ3v) is 24.7. The zero-order chi connectivity index (χ0) is 82.4. The average molecular weight is 1640 g/mol. The molecule has 4 aliphatic rings. The number of likely N-dealkylation sites (N-methyl/N-ethyl adjacent to an activating group) is 1. The summed E-state index contributed by atoms with van der Waals surface area (Å²) in [6.07, 6.45) is 3.38. The Balaban J connectivity index is 0.000000211. The van der Waals surface area contributed by atoms with Crippen LogP contribution in [-0.2, 0) is 80.0 Å². The SMILES string of the molecule is C=S(C)(=O)N(C)[C@@H]1CCCC[C@H]1Cc1nc(Nc2ccc(CN(C)C)cc2OC)ncc1C(F)(F)F.C=S(C)(=O)N(C)[C@@H]1CCCC[C@H]1Cc1nc(Nc2ccc(CN3CCN(C)CC3)cc2OC)ncc1C(F)(F)F.C=S(C)(=O)N[C@@H]1CCCC[C@H]1Cc1nc(Nc2cc(C)c(C(=O)NC)cc2OC)ncc1C(F)(F)F. The second kappa shape index (κ2) is 38.7. The van der Waals surface area contributed by atoms with Crippen LogP contribution >= 0.6 is 0 Å². The average Bonchev–Trinajstić information content (AvgIpc) is 0.798. The molecule has 1 saturated heterocycles. The van der Waals surface area contributed by atoms with Gasteiger partial charge >= 0.3 is 18.5 Å². The summed E-state index contributed by atoms with van der Waals surface area (Å²) >= 11 is 0. The van der Waals surface area contributed by atoms with Crippen LogP contribution in [0, 0.1) is 24.7 Å². The number of amides is 1. The molecule has 3 saturated carbocycles. The summed E-state index contributed by atoms with van der Waals surface area (Å²) in [5.74, 6) is 12.0. The largest absolute Gasteiger partial charge is 0.495 e. The molecule has 3 aromatic heterocycles. The lowest BCUT2D eigenvalue weighted by Gasteiger charge is -2.38. The summed E-state index contributed by atoms with van der Waals surface area (Å²) in [5, 5.41) is 11.6. The third kappa shape index (κ3) is 25.4. The van der Waals surface area contributed by atoms with Gasteiger partial charge in [0, 0.05) is 136 Å². The van der Waals surface area contributed by atoms with E-state index in [1.54, 1.807) is 67.4 Å². The Hall–Kier alpha value is -7.64. The molecule has 3 aromatic carbocycles. The van der Waals surface area contributed by atoms with Crippen molar-refractivity contribution in [2.24, 2.45) is 17.8 Å². The van der Waals surface area contributed by atoms with Crippen molar-refractivity contribution in [1.29, 1.82) is 0 Å². The van der Waals surface area contributed by atoms with Crippen molar-refractivity contribution in [2.75, 3.05) is 125 Å². The van der Waals surface area contributed by atoms with E-state index in [0.717, 1.165) is 127 Å². The lowest BCUT2D eigenvalue weighted by molar-refractivity contribution is -0.139. The Morgan fingerprint density at radius 3 is 1.33 bits per heavy atom. The molecule has 4 fully saturated rings. The fourth-order valence-corrected chi connectivity index (χ4v) is 17.5. The molecule has 1 aliphatic heterocycles. The van der Waals surface area contributed by atoms with Gasteiger partial charge in [0.1, 0.15) is 17.2 Å². The number of ether oxygens (including phenoxy) is 3. The van der Waals surface area contributed by atoms with E-state index >= 15 is 0 Å². The number of benzene rings is 3. The fourth-order valence-electron chi connectivity index (χ4n) is 14.9. The number of aryl methyl sites for hydroxylation is 1. The van der Waals surface area contributed by atoms with Crippen molar-refractivity contribution in [2.45, 2.75) is 153 Å². The zero-order valence-electron chi connectivity index (χ0n) is 66.2. The first-order chi connectivity index (χ1) is 52.5. The van der Waals surface area contributed by atoms with E-state index in [4.69, 9.17) is 14.2 Å². The number of nitrogens with zero attached hydrogens (tertiary/aromatic N) is 11. The van der Waals surface area contributed by atoms with E-state index in [9.17, 15) is 56.9 Å². The van der Waals surface area contributed by atoms with Crippen molar-refractivity contribution < 1.29 is 71.1 Å². The molecule has 112 heavy (non-hydrogen) atoms. The molecule has 3 aliphatic carbocycles. The predicted molar refractivity (Wildman–Crippen MR) is 429 cm³/mol. The molecule has 6 aromatic rings. The number of alkyl halides is 9. The van der Waals surface area contributed by atoms with E-state index in [1.807, 2.05) is 49.3 Å². The van der Waals surface area contributed by atoms with E-state index in [1.165, 1.54) is 27.5 Å². The first-order valence-electron chi connectivity index (χ1n) is 37.1. The molecule has 0 bridgehead atoms. The van der Waals surface area contributed by atoms with Gasteiger partial charge < -0.3 is 45.3 Å². The van der Waals surface area contributed by atoms with Crippen LogP contribution in [0.5, 0.6) is 17.2 Å². The molecular weight excluding hydrogens is 1530 g/mol. The second-order valence-corrected chi connectivity index (χ2v) is 37.2. The highest BCUT2D eigenvalue weighted by atomic mass is 32.2. The van der Waals surface area contributed by atoms with Gasteiger partial charge in [-0.25, -0.2) is 43.2 Å². The number of piperazine rings is 1. The summed E-state index contributed by atoms with van der Waals surface area (Å²) < 4.78 is 186. The van der Waals surface area contributed by atoms with Crippen LogP contribution in [0.1, 0.15) is 138 Å². The lowest BCUT2D eigenvalue weighted by atomic mass is 9.81. The van der Waals surface area contributed by atoms with Gasteiger partial charge in [-0.05, 0) is 188 Å². The molecule has 1 amide bonds. The molecule has 0 radical (unpaired) electrons. The smallest absolute Gasteiger partial charge is 0.419 e. The summed E-state index contributed by atoms with van der Waals surface area (Å²) in [4.78, 5) is 43.6. The Labute approximate surface area is 654 Å². The first kappa shape index (κ1) is 89.9. The zero-order valence-corrected chi connectivity index (χ0v) is 68.6. The van der Waals surface area contributed by atoms with Crippen LogP contribution in [0.2, 0.25) is 0 Å². The summed E-state index contributed by atoms with van der Waals surface area (Å²) in [6.45, 7) is 7.26. The van der Waals surface area contributed by atoms with Gasteiger partial charge in [0.05, 0.1) is 72.2 Å². The van der Waals surface area contributed by atoms with Crippen LogP contribution in [-0.4, -0.2) is 216 Å². The highest BCUT2D eigenvalue weighted by Crippen LogP contribution is 2.42. The number of nitrogens with one attached hydrogen (secondary N) is 5. The van der Waals surface area contributed by atoms with Gasteiger partial charge in [-0.3, -0.25) is 22.3 Å². The van der Waals surface area contributed by atoms with Gasteiger partial charge in [0.2, 0.25) is 17.8 Å². The van der Waals surface area contributed by atoms with Crippen molar-refractivity contribution >= 4 is 87.5 Å². The van der Waals surface area contributed by atoms with Crippen LogP contribution < -0.4 is 40.2 Å². The maximum Gasteiger partial charge on any atom is 0.419 e. The monoisotopic (exact) mass is 1640 g/mol. The van der Waals surface area contributed by atoms with E-state index in [-0.39, 0.29) is 96.0 Å². The van der Waals surface area contributed by atoms with Gasteiger partial charge in [-0.15, -0.1) is 0 Å². The highest BCUT2D eigenvalue weighted by molar-refractivity contribution is 7.98. The molecule has 23 nitrogen and oxygen atoms in total. The Morgan fingerprint density at radius 1 is 0.545 bits per heavy atom. The predicted octanol–water partition coefficient (Wildman–Crippen LogP) is 12.8. The number of hydrogen-bond acceptors (Lipinski definition) is 19. The molecule has 9 atom stereocenters. The maximum absolute atomic E-state index is 14.0. The molecule has 620 valence electrons. The quantitative estimate of drug-likeness (QED) is 0.0250. The molecule has 3 unspecified atom stereocenters. The minimum Gasteiger partial charge on any atom is -0.495 e. The maximum atomic E-state index is 14.0. The second-order valence-electron chi connectivity index (χ2n) is 30.0. The number of anilines is 6. The van der Waals surface area contributed by atoms with E-state index < -0.39 is 64.3 Å². The molecule has 10 rings (SSSR count). The van der Waals surface area contributed by atoms with E-state index in [2.05, 4.69) is 90.4 Å². The minimum absolute atomic E-state index is 0.0276. The number of hydrogen-bond donors (Lipinski definition) is 5. The number of halogens is 9. The first-order valence-corrected chi connectivity index (χ1v) is 43.4. The molecular formula is C77H109F9N16O7S3. The number of aromatic nitrogens is 6. The van der Waals surface area contributed by atoms with Gasteiger partial charge in [-0.1, -0.05) is 50.7 Å². The standard InChI is InChI=1S/C28H41F3N6O2S.C25H36F3N5O2S.C24H32F3N5O3S/c1-35-12-14-37(15-13-35)19-20-10-11-23(26(16-20)39-3)33-27-32-18-22(28(29,30)31)24(34-27)17-21-8-6-7-9-25(21)36(2)40(4,5)38;1-32(2)16-17-11-12-20(23(13-17)35-4)30-24-29-15-19(25(26,27)28)21(31-24)14-18-9-7-8-10-22(18)33(3)36(5,6)34;1-14-10-20(21(35-3)12-16(14)22(33)28-2)31-23-29-13-17(24(25,26)27)19(30-23)11-15-8-6-7-9-18(15)32-36(4,5)34/h10-11,16,18,21,25H,4,6-9,12-15,17,19H2,1-3,5H3,(H,32,33,34);11-13,15,18,22H,5,7-10,14,16H2,1-4,6H3,(H,29,30,31);10,12-13,15,18H,4,6-9,11H2,1-3,5H3,(H,28,33)(H,32,34)(H,29,30,31)/t21-,25+,40?;18-,22+,36?;15-,18+,36?/m000/s1. The van der Waals surface area contributed by atoms with Crippen LogP contribution in [0.4, 0.5) is 74.4 Å². The molecule has 0 spiro atoms. The number of methoxy groups -OCH3 is 3. The van der Waals surface area contributed by atoms with Gasteiger partial charge in [0.25, 0.3) is 5.91 Å². The molecule has 4 heterocycles. The number of carbonyl (C=O) groups excluding carboxylic acids is 1. The van der Waals surface area contributed by atoms with Crippen LogP contribution in [0.15, 0.2) is 67.1 Å². The third-order valence-electron chi connectivity index (χ3n) is 20.9. The van der Waals surface area contributed by atoms with Gasteiger partial charge in [-0.2, -0.15) is 39.5 Å². The number of carbonyl (C=O) groups is 1. The van der Waals surface area contributed by atoms with Crippen LogP contribution in [0.3, 0.4) is 0 Å². The Morgan fingerprint density at radius 2 is 0.929 bits per heavy atom. The molecule has 35 heteroatoms. The summed E-state index contributed by atoms with van der Waals surface area (Å²) in [7, 11) is 8.06. The van der Waals surface area contributed by atoms with Crippen molar-refractivity contribution in [3.8, 4) is 17.2 Å². The van der Waals surface area contributed by atoms with Gasteiger partial charge in [0.15, 0.2) is 0 Å². The van der Waals surface area contributed by atoms with E-state index in [0.29, 0.717) is 64.8 Å². The Kier molecular flexibility index (Phi) is 31.0. The topological polar surface area (TPSA) is 250 Å². The lowest BCUT2D eigenvalue weighted by Crippen LogP contribution is -2.43. The fraction of sp³-hybridized carbons (Fsp3) is 0.558. The molecule has 5 N–H and O–H groups in total. The van der Waals surface area contributed by atoms with Crippen LogP contribution in [0.25, 0.3) is 0 Å². The minimum atomic E-state index is -4.63. The van der Waals surface area contributed by atoms with Crippen molar-refractivity contribution in [3.63, 3.8) is 0 Å². The Bertz CT molecular complexity index is 4530. The normalized spacial score (nSPS) is 21.0. The summed E-state index contributed by atoms with van der Waals surface area (Å²) in [6, 6.07) is 14.1. The van der Waals surface area contributed by atoms with Crippen molar-refractivity contribution in [1.82, 2.24) is 63.3 Å². The summed E-state index contributed by atoms with van der Waals surface area (Å²) in [5.41, 5.74) is 1.85.